The molecule has 0 aromatic heterocycles. The summed E-state index contributed by atoms with van der Waals surface area (Å²) in [5.74, 6) is -0.417. The summed E-state index contributed by atoms with van der Waals surface area (Å²) in [6.07, 6.45) is 2.82. The highest BCUT2D eigenvalue weighted by molar-refractivity contribution is 7.90. The molecule has 3 aromatic carbocycles. The monoisotopic (exact) mass is 592 g/mol. The van der Waals surface area contributed by atoms with Gasteiger partial charge in [-0.3, -0.25) is 10.1 Å². The molecule has 10 heteroatoms. The van der Waals surface area contributed by atoms with Gasteiger partial charge in [-0.2, -0.15) is 13.8 Å². The van der Waals surface area contributed by atoms with E-state index < -0.39 is 26.0 Å². The molecule has 1 saturated heterocycles. The first-order chi connectivity index (χ1) is 20.1. The van der Waals surface area contributed by atoms with Crippen molar-refractivity contribution in [1.82, 2.24) is 20.1 Å². The van der Waals surface area contributed by atoms with Gasteiger partial charge < -0.3 is 15.0 Å². The number of amides is 1. The molecule has 0 aliphatic carbocycles. The molecule has 0 bridgehead atoms. The number of anilines is 1. The summed E-state index contributed by atoms with van der Waals surface area (Å²) < 4.78 is 32.7. The number of quaternary nitrogens is 1. The third-order valence-corrected chi connectivity index (χ3v) is 10.1. The lowest BCUT2D eigenvalue weighted by Crippen LogP contribution is -2.68. The van der Waals surface area contributed by atoms with Gasteiger partial charge in [0.1, 0.15) is 12.6 Å². The molecule has 3 aromatic rings. The average molecular weight is 593 g/mol. The predicted molar refractivity (Wildman–Crippen MR) is 167 cm³/mol. The zero-order valence-electron chi connectivity index (χ0n) is 24.7. The van der Waals surface area contributed by atoms with E-state index in [0.717, 1.165) is 48.3 Å². The lowest BCUT2D eigenvalue weighted by atomic mass is 9.75. The van der Waals surface area contributed by atoms with Gasteiger partial charge in [0.25, 0.3) is 5.91 Å². The van der Waals surface area contributed by atoms with Crippen LogP contribution in [0.25, 0.3) is 0 Å². The van der Waals surface area contributed by atoms with Crippen molar-refractivity contribution in [2.24, 2.45) is 0 Å². The minimum Gasteiger partial charge on any atom is -0.378 e. The number of hydrogen-bond donors (Lipinski definition) is 3. The summed E-state index contributed by atoms with van der Waals surface area (Å²) in [5, 5.41) is 6.74. The lowest BCUT2D eigenvalue weighted by molar-refractivity contribution is -0.127. The largest absolute Gasteiger partial charge is 0.378 e. The van der Waals surface area contributed by atoms with E-state index in [1.807, 2.05) is 97.9 Å². The molecule has 42 heavy (non-hydrogen) atoms. The first-order valence-electron chi connectivity index (χ1n) is 14.5. The fourth-order valence-corrected chi connectivity index (χ4v) is 7.40. The van der Waals surface area contributed by atoms with Crippen molar-refractivity contribution in [1.29, 1.82) is 0 Å². The molecule has 2 unspecified atom stereocenters. The fourth-order valence-electron chi connectivity index (χ4n) is 6.15. The molecular formula is C32H42N5O4S+. The lowest BCUT2D eigenvalue weighted by Gasteiger charge is -2.36. The van der Waals surface area contributed by atoms with Gasteiger partial charge in [-0.15, -0.1) is 0 Å². The van der Waals surface area contributed by atoms with Crippen LogP contribution in [0.5, 0.6) is 0 Å². The van der Waals surface area contributed by atoms with E-state index in [-0.39, 0.29) is 18.6 Å². The van der Waals surface area contributed by atoms with Gasteiger partial charge in [0.2, 0.25) is 0 Å². The van der Waals surface area contributed by atoms with Crippen LogP contribution < -0.4 is 25.0 Å². The Balaban J connectivity index is 1.41. The number of nitrogens with one attached hydrogen (secondary N) is 3. The molecule has 3 N–H and O–H groups in total. The highest BCUT2D eigenvalue weighted by Crippen LogP contribution is 2.50. The number of benzene rings is 3. The van der Waals surface area contributed by atoms with Crippen molar-refractivity contribution in [2.45, 2.75) is 37.5 Å². The van der Waals surface area contributed by atoms with Crippen LogP contribution >= 0.6 is 0 Å². The SMILES string of the molecule is CN(C)c1ccc(CNC(COCc2ccccc2)C(=O)N[N+]2(S(C)(=O)=O)CC3(CCNCC3)c3ccccc32)cc1. The summed E-state index contributed by atoms with van der Waals surface area (Å²) >= 11 is 0. The second-order valence-electron chi connectivity index (χ2n) is 11.6. The minimum absolute atomic E-state index is 0.0803. The van der Waals surface area contributed by atoms with Crippen LogP contribution in [0.1, 0.15) is 29.5 Å². The fraction of sp³-hybridized carbons (Fsp3) is 0.406. The van der Waals surface area contributed by atoms with E-state index in [1.54, 1.807) is 0 Å². The summed E-state index contributed by atoms with van der Waals surface area (Å²) in [4.78, 5) is 16.1. The van der Waals surface area contributed by atoms with Gasteiger partial charge in [0, 0.05) is 38.0 Å². The van der Waals surface area contributed by atoms with Crippen LogP contribution in [0.2, 0.25) is 0 Å². The van der Waals surface area contributed by atoms with Crippen LogP contribution in [-0.4, -0.2) is 67.0 Å². The Morgan fingerprint density at radius 1 is 0.976 bits per heavy atom. The first kappa shape index (κ1) is 30.2. The van der Waals surface area contributed by atoms with E-state index in [4.69, 9.17) is 4.74 Å². The van der Waals surface area contributed by atoms with Crippen LogP contribution in [0.3, 0.4) is 0 Å². The summed E-state index contributed by atoms with van der Waals surface area (Å²) in [6, 6.07) is 24.8. The normalized spacial score (nSPS) is 20.2. The highest BCUT2D eigenvalue weighted by Gasteiger charge is 2.60. The molecule has 1 amide bonds. The van der Waals surface area contributed by atoms with Gasteiger partial charge in [-0.25, -0.2) is 0 Å². The van der Waals surface area contributed by atoms with Crippen molar-refractivity contribution in [3.05, 3.63) is 95.6 Å². The Bertz CT molecular complexity index is 1470. The van der Waals surface area contributed by atoms with Crippen LogP contribution in [0.4, 0.5) is 11.4 Å². The topological polar surface area (TPSA) is 99.8 Å². The van der Waals surface area contributed by atoms with Crippen molar-refractivity contribution in [2.75, 3.05) is 51.5 Å². The number of fused-ring (bicyclic) bond motifs is 2. The first-order valence-corrected chi connectivity index (χ1v) is 16.3. The molecule has 5 rings (SSSR count). The number of ether oxygens (including phenoxy) is 1. The molecule has 2 heterocycles. The van der Waals surface area contributed by atoms with Crippen molar-refractivity contribution in [3.63, 3.8) is 0 Å². The van der Waals surface area contributed by atoms with E-state index in [2.05, 4.69) is 16.1 Å². The second-order valence-corrected chi connectivity index (χ2v) is 13.7. The molecular weight excluding hydrogens is 550 g/mol. The van der Waals surface area contributed by atoms with E-state index in [9.17, 15) is 13.2 Å². The summed E-state index contributed by atoms with van der Waals surface area (Å²) in [6.45, 7) is 2.71. The number of piperidine rings is 1. The van der Waals surface area contributed by atoms with Crippen molar-refractivity contribution < 1.29 is 17.9 Å². The zero-order chi connectivity index (χ0) is 29.8. The number of sulfonamides is 1. The van der Waals surface area contributed by atoms with Gasteiger partial charge in [-0.1, -0.05) is 64.7 Å². The van der Waals surface area contributed by atoms with Crippen LogP contribution in [-0.2, 0) is 38.1 Å². The Morgan fingerprint density at radius 2 is 1.64 bits per heavy atom. The van der Waals surface area contributed by atoms with Gasteiger partial charge in [0.15, 0.2) is 5.69 Å². The maximum absolute atomic E-state index is 14.1. The molecule has 1 fully saturated rings. The Hall–Kier alpha value is -3.28. The third kappa shape index (κ3) is 6.23. The molecule has 2 atom stereocenters. The summed E-state index contributed by atoms with van der Waals surface area (Å²) in [5.41, 5.74) is 7.39. The van der Waals surface area contributed by atoms with Gasteiger partial charge in [-0.05, 0) is 49.2 Å². The number of carbonyl (C=O) groups excluding carboxylic acids is 1. The molecule has 0 radical (unpaired) electrons. The van der Waals surface area contributed by atoms with Gasteiger partial charge >= 0.3 is 10.0 Å². The number of rotatable bonds is 11. The van der Waals surface area contributed by atoms with Gasteiger partial charge in [0.05, 0.1) is 24.9 Å². The van der Waals surface area contributed by atoms with Crippen LogP contribution in [0, 0.1) is 0 Å². The standard InChI is InChI=1S/C32H41N5O4S/c1-36(2)27-15-13-25(14-16-27)21-34-29(23-41-22-26-9-5-4-6-10-26)31(38)35-37(42(3,39)40)24-32(17-19-33-20-18-32)28-11-7-8-12-30(28)37/h4-16,29,33-34H,17-24H2,1-3H3/p+1. The number of hydrogen-bond acceptors (Lipinski definition) is 7. The maximum atomic E-state index is 14.1. The number of para-hydroxylation sites is 1. The van der Waals surface area contributed by atoms with E-state index >= 15 is 0 Å². The number of carbonyl (C=O) groups is 1. The van der Waals surface area contributed by atoms with Crippen molar-refractivity contribution in [3.8, 4) is 0 Å². The second kappa shape index (κ2) is 12.5. The minimum atomic E-state index is -3.81. The smallest absolute Gasteiger partial charge is 0.321 e. The Kier molecular flexibility index (Phi) is 9.00. The zero-order valence-corrected chi connectivity index (χ0v) is 25.5. The Morgan fingerprint density at radius 3 is 2.31 bits per heavy atom. The molecule has 0 saturated carbocycles. The maximum Gasteiger partial charge on any atom is 0.321 e. The average Bonchev–Trinajstić information content (AvgIpc) is 3.25. The molecule has 2 aliphatic rings. The summed E-state index contributed by atoms with van der Waals surface area (Å²) in [7, 11) is 0.164. The number of nitrogens with zero attached hydrogens (tertiary/aromatic N) is 2. The third-order valence-electron chi connectivity index (χ3n) is 8.53. The van der Waals surface area contributed by atoms with E-state index in [0.29, 0.717) is 18.8 Å². The van der Waals surface area contributed by atoms with Crippen molar-refractivity contribution >= 4 is 27.3 Å². The molecule has 2 aliphatic heterocycles. The predicted octanol–water partition coefficient (Wildman–Crippen LogP) is 3.06. The molecule has 224 valence electrons. The quantitative estimate of drug-likeness (QED) is 0.295. The van der Waals surface area contributed by atoms with E-state index in [1.165, 1.54) is 6.26 Å². The highest BCUT2D eigenvalue weighted by atomic mass is 32.2. The van der Waals surface area contributed by atoms with Crippen LogP contribution in [0.15, 0.2) is 78.9 Å². The molecule has 1 spiro atoms. The Labute approximate surface area is 249 Å². The molecule has 9 nitrogen and oxygen atoms in total.